The van der Waals surface area contributed by atoms with Crippen LogP contribution in [-0.4, -0.2) is 18.2 Å². The molecular formula is C14H19NO3. The van der Waals surface area contributed by atoms with Crippen LogP contribution in [0.15, 0.2) is 12.1 Å². The molecule has 0 saturated heterocycles. The Hall–Kier alpha value is -1.55. The first kappa shape index (κ1) is 12.9. The van der Waals surface area contributed by atoms with Crippen molar-refractivity contribution in [3.05, 3.63) is 28.8 Å². The molecule has 98 valence electrons. The predicted octanol–water partition coefficient (Wildman–Crippen LogP) is 1.96. The molecule has 1 saturated carbocycles. The van der Waals surface area contributed by atoms with Gasteiger partial charge in [0, 0.05) is 5.56 Å². The van der Waals surface area contributed by atoms with Gasteiger partial charge >= 0.3 is 5.97 Å². The molecule has 3 N–H and O–H groups in total. The first-order valence-corrected chi connectivity index (χ1v) is 6.09. The lowest BCUT2D eigenvalue weighted by molar-refractivity contribution is -0.144. The minimum Gasteiger partial charge on any atom is -0.496 e. The maximum absolute atomic E-state index is 11.6. The van der Waals surface area contributed by atoms with E-state index in [1.54, 1.807) is 7.11 Å². The summed E-state index contributed by atoms with van der Waals surface area (Å²) in [6, 6.07) is 3.80. The molecule has 0 bridgehead atoms. The maximum atomic E-state index is 11.6. The van der Waals surface area contributed by atoms with E-state index in [4.69, 9.17) is 10.5 Å². The van der Waals surface area contributed by atoms with Crippen molar-refractivity contribution in [2.45, 2.75) is 32.2 Å². The number of carboxylic acid groups (broad SMARTS) is 1. The molecule has 4 heteroatoms. The molecule has 1 atom stereocenters. The lowest BCUT2D eigenvalue weighted by Crippen LogP contribution is -2.47. The molecule has 1 aliphatic carbocycles. The third-order valence-electron chi connectivity index (χ3n) is 3.64. The Kier molecular flexibility index (Phi) is 3.07. The Labute approximate surface area is 107 Å². The predicted molar refractivity (Wildman–Crippen MR) is 68.7 cm³/mol. The van der Waals surface area contributed by atoms with Gasteiger partial charge in [-0.3, -0.25) is 0 Å². The number of hydrogen-bond acceptors (Lipinski definition) is 3. The van der Waals surface area contributed by atoms with Crippen LogP contribution < -0.4 is 10.5 Å². The van der Waals surface area contributed by atoms with E-state index in [-0.39, 0.29) is 5.92 Å². The van der Waals surface area contributed by atoms with Crippen molar-refractivity contribution >= 4 is 5.97 Å². The quantitative estimate of drug-likeness (QED) is 0.855. The maximum Gasteiger partial charge on any atom is 0.328 e. The van der Waals surface area contributed by atoms with Gasteiger partial charge in [0.25, 0.3) is 0 Å². The number of rotatable bonds is 4. The molecule has 1 aromatic carbocycles. The van der Waals surface area contributed by atoms with Gasteiger partial charge in [-0.15, -0.1) is 0 Å². The monoisotopic (exact) mass is 249 g/mol. The molecule has 0 aliphatic heterocycles. The molecule has 0 heterocycles. The Morgan fingerprint density at radius 1 is 1.44 bits per heavy atom. The number of aliphatic carboxylic acids is 1. The zero-order valence-electron chi connectivity index (χ0n) is 11.0. The first-order chi connectivity index (χ1) is 8.41. The molecule has 0 radical (unpaired) electrons. The Morgan fingerprint density at radius 2 is 2.06 bits per heavy atom. The number of carbonyl (C=O) groups is 1. The van der Waals surface area contributed by atoms with Crippen LogP contribution in [0, 0.1) is 19.8 Å². The SMILES string of the molecule is COc1c(C)cc(C)cc1C(N)(C(=O)O)C1CC1. The Balaban J connectivity index is 2.64. The number of nitrogens with two attached hydrogens (primary N) is 1. The summed E-state index contributed by atoms with van der Waals surface area (Å²) < 4.78 is 5.36. The average Bonchev–Trinajstić information content (AvgIpc) is 3.10. The third kappa shape index (κ3) is 1.86. The summed E-state index contributed by atoms with van der Waals surface area (Å²) in [6.45, 7) is 3.84. The van der Waals surface area contributed by atoms with E-state index in [1.165, 1.54) is 0 Å². The summed E-state index contributed by atoms with van der Waals surface area (Å²) in [5.74, 6) is -0.379. The minimum absolute atomic E-state index is 0.00472. The van der Waals surface area contributed by atoms with Gasteiger partial charge < -0.3 is 15.6 Å². The molecule has 1 fully saturated rings. The van der Waals surface area contributed by atoms with Crippen LogP contribution in [0.25, 0.3) is 0 Å². The smallest absolute Gasteiger partial charge is 0.328 e. The molecule has 0 amide bonds. The second-order valence-corrected chi connectivity index (χ2v) is 5.11. The van der Waals surface area contributed by atoms with Crippen LogP contribution in [0.1, 0.15) is 29.5 Å². The number of methoxy groups -OCH3 is 1. The number of benzene rings is 1. The summed E-state index contributed by atoms with van der Waals surface area (Å²) in [5, 5.41) is 9.52. The van der Waals surface area contributed by atoms with Gasteiger partial charge in [0.15, 0.2) is 0 Å². The number of aryl methyl sites for hydroxylation is 2. The van der Waals surface area contributed by atoms with E-state index < -0.39 is 11.5 Å². The number of carboxylic acids is 1. The van der Waals surface area contributed by atoms with Gasteiger partial charge in [-0.2, -0.15) is 0 Å². The molecule has 1 aliphatic rings. The Morgan fingerprint density at radius 3 is 2.50 bits per heavy atom. The summed E-state index contributed by atoms with van der Waals surface area (Å²) in [6.07, 6.45) is 1.72. The fourth-order valence-corrected chi connectivity index (χ4v) is 2.58. The van der Waals surface area contributed by atoms with Crippen LogP contribution in [-0.2, 0) is 10.3 Å². The molecule has 0 spiro atoms. The molecule has 0 aromatic heterocycles. The molecular weight excluding hydrogens is 230 g/mol. The number of hydrogen-bond donors (Lipinski definition) is 2. The van der Waals surface area contributed by atoms with Crippen LogP contribution in [0.3, 0.4) is 0 Å². The lowest BCUT2D eigenvalue weighted by atomic mass is 9.83. The molecule has 2 rings (SSSR count). The Bertz CT molecular complexity index is 494. The van der Waals surface area contributed by atoms with Crippen molar-refractivity contribution in [3.63, 3.8) is 0 Å². The van der Waals surface area contributed by atoms with E-state index in [0.29, 0.717) is 11.3 Å². The minimum atomic E-state index is -1.33. The van der Waals surface area contributed by atoms with E-state index in [1.807, 2.05) is 26.0 Å². The van der Waals surface area contributed by atoms with Gasteiger partial charge in [-0.1, -0.05) is 11.6 Å². The molecule has 1 unspecified atom stereocenters. The third-order valence-corrected chi connectivity index (χ3v) is 3.64. The highest BCUT2D eigenvalue weighted by molar-refractivity contribution is 5.83. The van der Waals surface area contributed by atoms with E-state index in [0.717, 1.165) is 24.0 Å². The number of ether oxygens (including phenoxy) is 1. The lowest BCUT2D eigenvalue weighted by Gasteiger charge is -2.28. The van der Waals surface area contributed by atoms with Crippen molar-refractivity contribution in [1.29, 1.82) is 0 Å². The van der Waals surface area contributed by atoms with Crippen molar-refractivity contribution in [3.8, 4) is 5.75 Å². The van der Waals surface area contributed by atoms with Crippen LogP contribution in [0.5, 0.6) is 5.75 Å². The normalized spacial score (nSPS) is 18.2. The standard InChI is InChI=1S/C14H19NO3/c1-8-6-9(2)12(18-3)11(7-8)14(15,13(16)17)10-4-5-10/h6-7,10H,4-5,15H2,1-3H3,(H,16,17). The van der Waals surface area contributed by atoms with Crippen LogP contribution in [0.4, 0.5) is 0 Å². The second-order valence-electron chi connectivity index (χ2n) is 5.11. The van der Waals surface area contributed by atoms with Gasteiger partial charge in [0.2, 0.25) is 0 Å². The fourth-order valence-electron chi connectivity index (χ4n) is 2.58. The van der Waals surface area contributed by atoms with Crippen molar-refractivity contribution < 1.29 is 14.6 Å². The van der Waals surface area contributed by atoms with Gasteiger partial charge in [-0.05, 0) is 44.2 Å². The van der Waals surface area contributed by atoms with E-state index in [2.05, 4.69) is 0 Å². The average molecular weight is 249 g/mol. The summed E-state index contributed by atoms with van der Waals surface area (Å²) in [4.78, 5) is 11.6. The highest BCUT2D eigenvalue weighted by Crippen LogP contribution is 2.47. The highest BCUT2D eigenvalue weighted by Gasteiger charge is 2.51. The summed E-state index contributed by atoms with van der Waals surface area (Å²) >= 11 is 0. The van der Waals surface area contributed by atoms with Crippen molar-refractivity contribution in [2.24, 2.45) is 11.7 Å². The largest absolute Gasteiger partial charge is 0.496 e. The first-order valence-electron chi connectivity index (χ1n) is 6.09. The zero-order chi connectivity index (χ0) is 13.5. The highest BCUT2D eigenvalue weighted by atomic mass is 16.5. The summed E-state index contributed by atoms with van der Waals surface area (Å²) in [5.41, 5.74) is 7.39. The fraction of sp³-hybridized carbons (Fsp3) is 0.500. The van der Waals surface area contributed by atoms with E-state index >= 15 is 0 Å². The van der Waals surface area contributed by atoms with Gasteiger partial charge in [0.05, 0.1) is 7.11 Å². The zero-order valence-corrected chi connectivity index (χ0v) is 11.0. The van der Waals surface area contributed by atoms with Crippen LogP contribution >= 0.6 is 0 Å². The molecule has 18 heavy (non-hydrogen) atoms. The van der Waals surface area contributed by atoms with E-state index in [9.17, 15) is 9.90 Å². The summed E-state index contributed by atoms with van der Waals surface area (Å²) in [7, 11) is 1.55. The van der Waals surface area contributed by atoms with Gasteiger partial charge in [0.1, 0.15) is 11.3 Å². The molecule has 4 nitrogen and oxygen atoms in total. The topological polar surface area (TPSA) is 72.5 Å². The van der Waals surface area contributed by atoms with Crippen LogP contribution in [0.2, 0.25) is 0 Å². The molecule has 1 aromatic rings. The van der Waals surface area contributed by atoms with Crippen molar-refractivity contribution in [1.82, 2.24) is 0 Å². The van der Waals surface area contributed by atoms with Gasteiger partial charge in [-0.25, -0.2) is 4.79 Å². The van der Waals surface area contributed by atoms with Crippen molar-refractivity contribution in [2.75, 3.05) is 7.11 Å². The second kappa shape index (κ2) is 4.28.